The molecule has 0 aliphatic heterocycles. The van der Waals surface area contributed by atoms with Crippen LogP contribution < -0.4 is 0 Å². The molecule has 0 spiro atoms. The zero-order chi connectivity index (χ0) is 20.4. The summed E-state index contributed by atoms with van der Waals surface area (Å²) in [5.74, 6) is -1.39. The van der Waals surface area contributed by atoms with Crippen molar-refractivity contribution in [1.82, 2.24) is 0 Å². The maximum absolute atomic E-state index is 12.5. The van der Waals surface area contributed by atoms with Crippen molar-refractivity contribution in [2.45, 2.75) is 107 Å². The Labute approximate surface area is 161 Å². The molecule has 0 heterocycles. The maximum atomic E-state index is 12.5. The summed E-state index contributed by atoms with van der Waals surface area (Å²) in [6, 6.07) is 0. The highest BCUT2D eigenvalue weighted by Gasteiger charge is 2.36. The Morgan fingerprint density at radius 1 is 0.654 bits per heavy atom. The zero-order valence-corrected chi connectivity index (χ0v) is 18.4. The molecule has 26 heavy (non-hydrogen) atoms. The molecular weight excluding hydrogens is 328 g/mol. The van der Waals surface area contributed by atoms with E-state index < -0.39 is 11.9 Å². The molecule has 0 amide bonds. The van der Waals surface area contributed by atoms with Gasteiger partial charge in [0.05, 0.1) is 11.8 Å². The van der Waals surface area contributed by atoms with Crippen LogP contribution in [0.1, 0.15) is 107 Å². The molecule has 2 unspecified atom stereocenters. The molecule has 0 aromatic rings. The van der Waals surface area contributed by atoms with E-state index in [9.17, 15) is 9.59 Å². The normalized spacial score (nSPS) is 14.6. The lowest BCUT2D eigenvalue weighted by Crippen LogP contribution is -2.34. The molecule has 4 heteroatoms. The molecule has 0 fully saturated rings. The van der Waals surface area contributed by atoms with Crippen molar-refractivity contribution >= 4 is 11.9 Å². The Hall–Kier alpha value is -1.06. The molecule has 0 aromatic carbocycles. The fourth-order valence-corrected chi connectivity index (χ4v) is 3.20. The molecule has 2 atom stereocenters. The number of carbonyl (C=O) groups excluding carboxylic acids is 2. The Morgan fingerprint density at radius 2 is 0.962 bits per heavy atom. The van der Waals surface area contributed by atoms with Gasteiger partial charge >= 0.3 is 11.9 Å². The zero-order valence-electron chi connectivity index (χ0n) is 18.4. The van der Waals surface area contributed by atoms with Gasteiger partial charge in [-0.15, -0.1) is 0 Å². The quantitative estimate of drug-likeness (QED) is 0.251. The van der Waals surface area contributed by atoms with Crippen molar-refractivity contribution in [1.29, 1.82) is 0 Å². The molecule has 0 bridgehead atoms. The lowest BCUT2D eigenvalue weighted by molar-refractivity contribution is -0.269. The van der Waals surface area contributed by atoms with Crippen LogP contribution in [0.3, 0.4) is 0 Å². The minimum Gasteiger partial charge on any atom is -0.247 e. The third-order valence-corrected chi connectivity index (χ3v) is 5.06. The molecule has 0 aromatic heterocycles. The third-order valence-electron chi connectivity index (χ3n) is 5.06. The van der Waals surface area contributed by atoms with Crippen molar-refractivity contribution < 1.29 is 19.4 Å². The van der Waals surface area contributed by atoms with E-state index >= 15 is 0 Å². The van der Waals surface area contributed by atoms with Crippen molar-refractivity contribution in [3.8, 4) is 0 Å². The number of carbonyl (C=O) groups is 2. The second-order valence-corrected chi connectivity index (χ2v) is 9.63. The lowest BCUT2D eigenvalue weighted by atomic mass is 9.77. The van der Waals surface area contributed by atoms with Gasteiger partial charge < -0.3 is 0 Å². The van der Waals surface area contributed by atoms with Crippen molar-refractivity contribution in [3.63, 3.8) is 0 Å². The predicted molar refractivity (Wildman–Crippen MR) is 106 cm³/mol. The van der Waals surface area contributed by atoms with Crippen LogP contribution in [0.25, 0.3) is 0 Å². The van der Waals surface area contributed by atoms with Crippen LogP contribution in [0.2, 0.25) is 0 Å². The summed E-state index contributed by atoms with van der Waals surface area (Å²) in [4.78, 5) is 35.1. The number of unbranched alkanes of at least 4 members (excludes halogenated alkanes) is 4. The largest absolute Gasteiger partial charge is 0.359 e. The minimum atomic E-state index is -0.428. The Balaban J connectivity index is 4.81. The van der Waals surface area contributed by atoms with Crippen LogP contribution >= 0.6 is 0 Å². The van der Waals surface area contributed by atoms with Gasteiger partial charge in [-0.3, -0.25) is 0 Å². The van der Waals surface area contributed by atoms with Gasteiger partial charge in [0.1, 0.15) is 0 Å². The van der Waals surface area contributed by atoms with E-state index in [0.717, 1.165) is 51.4 Å². The number of hydrogen-bond donors (Lipinski definition) is 0. The van der Waals surface area contributed by atoms with Crippen LogP contribution in [-0.2, 0) is 19.4 Å². The van der Waals surface area contributed by atoms with E-state index in [-0.39, 0.29) is 22.7 Å². The van der Waals surface area contributed by atoms with Gasteiger partial charge in [-0.2, -0.15) is 0 Å². The van der Waals surface area contributed by atoms with E-state index in [4.69, 9.17) is 9.78 Å². The Morgan fingerprint density at radius 3 is 1.19 bits per heavy atom. The molecule has 0 radical (unpaired) electrons. The van der Waals surface area contributed by atoms with E-state index in [1.165, 1.54) is 0 Å². The molecule has 0 aliphatic rings. The smallest absolute Gasteiger partial charge is 0.247 e. The van der Waals surface area contributed by atoms with Crippen molar-refractivity contribution in [2.24, 2.45) is 22.7 Å². The average molecular weight is 371 g/mol. The standard InChI is InChI=1S/C22H42O4/c1-9-11-13-15-17(21(3,4)5)19(23)25-26-20(24)18(22(6,7)8)16-14-12-10-2/h17-18H,9-16H2,1-8H3. The Bertz CT molecular complexity index is 375. The van der Waals surface area contributed by atoms with Gasteiger partial charge in [0.2, 0.25) is 0 Å². The summed E-state index contributed by atoms with van der Waals surface area (Å²) in [6.07, 6.45) is 7.84. The van der Waals surface area contributed by atoms with Gasteiger partial charge in [0, 0.05) is 0 Å². The second kappa shape index (κ2) is 11.6. The summed E-state index contributed by atoms with van der Waals surface area (Å²) in [7, 11) is 0. The van der Waals surface area contributed by atoms with Crippen LogP contribution in [0.5, 0.6) is 0 Å². The summed E-state index contributed by atoms with van der Waals surface area (Å²) in [5.41, 5.74) is -0.441. The topological polar surface area (TPSA) is 52.6 Å². The first-order chi connectivity index (χ1) is 11.9. The van der Waals surface area contributed by atoms with E-state index in [0.29, 0.717) is 0 Å². The van der Waals surface area contributed by atoms with Crippen molar-refractivity contribution in [2.75, 3.05) is 0 Å². The highest BCUT2D eigenvalue weighted by Crippen LogP contribution is 2.33. The monoisotopic (exact) mass is 370 g/mol. The van der Waals surface area contributed by atoms with E-state index in [2.05, 4.69) is 13.8 Å². The summed E-state index contributed by atoms with van der Waals surface area (Å²) in [5, 5.41) is 0. The molecule has 0 aliphatic carbocycles. The minimum absolute atomic E-state index is 0.220. The predicted octanol–water partition coefficient (Wildman–Crippen LogP) is 6.47. The molecule has 154 valence electrons. The SMILES string of the molecule is CCCCCC(C(=O)OOC(=O)C(CCCCC)C(C)(C)C)C(C)(C)C. The molecular formula is C22H42O4. The second-order valence-electron chi connectivity index (χ2n) is 9.63. The number of rotatable bonds is 10. The molecule has 4 nitrogen and oxygen atoms in total. The lowest BCUT2D eigenvalue weighted by Gasteiger charge is -2.30. The highest BCUT2D eigenvalue weighted by molar-refractivity contribution is 5.76. The molecule has 0 N–H and O–H groups in total. The third kappa shape index (κ3) is 9.59. The first kappa shape index (κ1) is 24.9. The maximum Gasteiger partial charge on any atom is 0.359 e. The van der Waals surface area contributed by atoms with E-state index in [1.54, 1.807) is 0 Å². The highest BCUT2D eigenvalue weighted by atomic mass is 17.2. The summed E-state index contributed by atoms with van der Waals surface area (Å²) >= 11 is 0. The first-order valence-corrected chi connectivity index (χ1v) is 10.4. The van der Waals surface area contributed by atoms with Gasteiger partial charge in [0.25, 0.3) is 0 Å². The summed E-state index contributed by atoms with van der Waals surface area (Å²) in [6.45, 7) is 16.4. The fourth-order valence-electron chi connectivity index (χ4n) is 3.20. The fraction of sp³-hybridized carbons (Fsp3) is 0.909. The van der Waals surface area contributed by atoms with Crippen LogP contribution in [0.15, 0.2) is 0 Å². The van der Waals surface area contributed by atoms with E-state index in [1.807, 2.05) is 41.5 Å². The molecule has 0 saturated carbocycles. The van der Waals surface area contributed by atoms with Gasteiger partial charge in [0.15, 0.2) is 0 Å². The number of hydrogen-bond acceptors (Lipinski definition) is 4. The first-order valence-electron chi connectivity index (χ1n) is 10.4. The van der Waals surface area contributed by atoms with Crippen molar-refractivity contribution in [3.05, 3.63) is 0 Å². The van der Waals surface area contributed by atoms with Crippen LogP contribution in [0.4, 0.5) is 0 Å². The van der Waals surface area contributed by atoms with Gasteiger partial charge in [-0.25, -0.2) is 19.4 Å². The summed E-state index contributed by atoms with van der Waals surface area (Å²) < 4.78 is 0. The molecule has 0 saturated heterocycles. The average Bonchev–Trinajstić information content (AvgIpc) is 2.50. The van der Waals surface area contributed by atoms with Gasteiger partial charge in [-0.05, 0) is 23.7 Å². The Kier molecular flexibility index (Phi) is 11.1. The van der Waals surface area contributed by atoms with Gasteiger partial charge in [-0.1, -0.05) is 93.9 Å². The van der Waals surface area contributed by atoms with Crippen LogP contribution in [-0.4, -0.2) is 11.9 Å². The van der Waals surface area contributed by atoms with Crippen LogP contribution in [0, 0.1) is 22.7 Å². The molecule has 0 rings (SSSR count).